The van der Waals surface area contributed by atoms with Crippen LogP contribution in [0.25, 0.3) is 5.70 Å². The summed E-state index contributed by atoms with van der Waals surface area (Å²) in [4.78, 5) is 21.8. The summed E-state index contributed by atoms with van der Waals surface area (Å²) in [5.41, 5.74) is 4.05. The molecule has 158 valence electrons. The summed E-state index contributed by atoms with van der Waals surface area (Å²) in [6.45, 7) is 10.3. The third-order valence-electron chi connectivity index (χ3n) is 5.41. The number of nitrogens with one attached hydrogen (secondary N) is 1. The van der Waals surface area contributed by atoms with Crippen molar-refractivity contribution in [1.29, 1.82) is 0 Å². The fourth-order valence-corrected chi connectivity index (χ4v) is 3.60. The Bertz CT molecular complexity index is 931. The predicted molar refractivity (Wildman–Crippen MR) is 123 cm³/mol. The van der Waals surface area contributed by atoms with E-state index in [0.717, 1.165) is 61.0 Å². The second kappa shape index (κ2) is 10.2. The summed E-state index contributed by atoms with van der Waals surface area (Å²) < 4.78 is 5.40. The normalized spacial score (nSPS) is 15.6. The molecule has 0 aliphatic carbocycles. The van der Waals surface area contributed by atoms with Crippen LogP contribution in [0.15, 0.2) is 53.5 Å². The van der Waals surface area contributed by atoms with Crippen LogP contribution >= 0.6 is 0 Å². The maximum Gasteiger partial charge on any atom is 0.255 e. The van der Waals surface area contributed by atoms with Gasteiger partial charge in [-0.15, -0.1) is 0 Å². The number of benzene rings is 2. The SMILES string of the molecule is C=N/C(=C\C)c1cccc(NC(=O)c2ccc(OC)cc2CN2CCN(C)CC2)c1. The lowest BCUT2D eigenvalue weighted by molar-refractivity contribution is 0.102. The minimum Gasteiger partial charge on any atom is -0.497 e. The number of carbonyl (C=O) groups is 1. The fourth-order valence-electron chi connectivity index (χ4n) is 3.60. The van der Waals surface area contributed by atoms with Gasteiger partial charge in [-0.3, -0.25) is 14.7 Å². The predicted octanol–water partition coefficient (Wildman–Crippen LogP) is 3.76. The molecule has 1 heterocycles. The number of rotatable bonds is 7. The summed E-state index contributed by atoms with van der Waals surface area (Å²) in [6.07, 6.45) is 1.89. The minimum atomic E-state index is -0.132. The molecular formula is C24H30N4O2. The monoisotopic (exact) mass is 406 g/mol. The van der Waals surface area contributed by atoms with Crippen LogP contribution in [0.3, 0.4) is 0 Å². The van der Waals surface area contributed by atoms with E-state index >= 15 is 0 Å². The van der Waals surface area contributed by atoms with Crippen molar-refractivity contribution in [2.24, 2.45) is 4.99 Å². The van der Waals surface area contributed by atoms with Gasteiger partial charge < -0.3 is 15.0 Å². The van der Waals surface area contributed by atoms with E-state index in [1.165, 1.54) is 0 Å². The number of methoxy groups -OCH3 is 1. The molecule has 1 saturated heterocycles. The number of anilines is 1. The van der Waals surface area contributed by atoms with Crippen molar-refractivity contribution in [3.63, 3.8) is 0 Å². The molecule has 3 rings (SSSR count). The molecule has 2 aromatic rings. The second-order valence-electron chi connectivity index (χ2n) is 7.47. The third-order valence-corrected chi connectivity index (χ3v) is 5.41. The number of allylic oxidation sites excluding steroid dienone is 1. The lowest BCUT2D eigenvalue weighted by Crippen LogP contribution is -2.44. The van der Waals surface area contributed by atoms with E-state index < -0.39 is 0 Å². The van der Waals surface area contributed by atoms with Gasteiger partial charge in [0.2, 0.25) is 0 Å². The Hall–Kier alpha value is -2.96. The van der Waals surface area contributed by atoms with Crippen molar-refractivity contribution in [3.8, 4) is 5.75 Å². The lowest BCUT2D eigenvalue weighted by Gasteiger charge is -2.32. The molecular weight excluding hydrogens is 376 g/mol. The summed E-state index contributed by atoms with van der Waals surface area (Å²) in [5, 5.41) is 3.03. The highest BCUT2D eigenvalue weighted by Gasteiger charge is 2.19. The molecule has 1 aliphatic heterocycles. The Morgan fingerprint density at radius 2 is 1.97 bits per heavy atom. The zero-order valence-electron chi connectivity index (χ0n) is 18.0. The van der Waals surface area contributed by atoms with Crippen molar-refractivity contribution in [2.45, 2.75) is 13.5 Å². The van der Waals surface area contributed by atoms with Gasteiger partial charge in [0, 0.05) is 49.5 Å². The first-order chi connectivity index (χ1) is 14.5. The highest BCUT2D eigenvalue weighted by Crippen LogP contribution is 2.23. The molecule has 30 heavy (non-hydrogen) atoms. The van der Waals surface area contributed by atoms with Crippen molar-refractivity contribution in [1.82, 2.24) is 9.80 Å². The van der Waals surface area contributed by atoms with Crippen molar-refractivity contribution in [3.05, 3.63) is 65.2 Å². The van der Waals surface area contributed by atoms with Crippen LogP contribution in [0, 0.1) is 0 Å². The molecule has 0 radical (unpaired) electrons. The van der Waals surface area contributed by atoms with Gasteiger partial charge in [0.25, 0.3) is 5.91 Å². The number of amides is 1. The average Bonchev–Trinajstić information content (AvgIpc) is 2.76. The number of hydrogen-bond acceptors (Lipinski definition) is 5. The fraction of sp³-hybridized carbons (Fsp3) is 0.333. The second-order valence-corrected chi connectivity index (χ2v) is 7.47. The molecule has 1 fully saturated rings. The highest BCUT2D eigenvalue weighted by atomic mass is 16.5. The number of carbonyl (C=O) groups excluding carboxylic acids is 1. The lowest BCUT2D eigenvalue weighted by atomic mass is 10.0. The van der Waals surface area contributed by atoms with Crippen LogP contribution in [-0.2, 0) is 6.54 Å². The Balaban J connectivity index is 1.81. The molecule has 1 amide bonds. The number of nitrogens with zero attached hydrogens (tertiary/aromatic N) is 3. The zero-order valence-corrected chi connectivity index (χ0v) is 18.0. The Morgan fingerprint density at radius 1 is 1.20 bits per heavy atom. The van der Waals surface area contributed by atoms with Gasteiger partial charge in [-0.25, -0.2) is 0 Å². The quantitative estimate of drug-likeness (QED) is 0.712. The first-order valence-electron chi connectivity index (χ1n) is 10.2. The largest absolute Gasteiger partial charge is 0.497 e. The number of hydrogen-bond donors (Lipinski definition) is 1. The minimum absolute atomic E-state index is 0.132. The summed E-state index contributed by atoms with van der Waals surface area (Å²) >= 11 is 0. The van der Waals surface area contributed by atoms with E-state index in [0.29, 0.717) is 5.56 Å². The van der Waals surface area contributed by atoms with Crippen LogP contribution < -0.4 is 10.1 Å². The molecule has 6 nitrogen and oxygen atoms in total. The summed E-state index contributed by atoms with van der Waals surface area (Å²) in [5.74, 6) is 0.625. The van der Waals surface area contributed by atoms with Gasteiger partial charge in [0.15, 0.2) is 0 Å². The first-order valence-corrected chi connectivity index (χ1v) is 10.2. The number of likely N-dealkylation sites (N-methyl/N-ethyl adjacent to an activating group) is 1. The van der Waals surface area contributed by atoms with E-state index in [9.17, 15) is 4.79 Å². The van der Waals surface area contributed by atoms with Crippen molar-refractivity contribution in [2.75, 3.05) is 45.7 Å². The molecule has 6 heteroatoms. The van der Waals surface area contributed by atoms with E-state index in [1.807, 2.05) is 55.5 Å². The zero-order chi connectivity index (χ0) is 21.5. The Morgan fingerprint density at radius 3 is 2.63 bits per heavy atom. The van der Waals surface area contributed by atoms with Crippen molar-refractivity contribution >= 4 is 24.0 Å². The van der Waals surface area contributed by atoms with Gasteiger partial charge in [-0.05, 0) is 56.6 Å². The van der Waals surface area contributed by atoms with Gasteiger partial charge in [0.1, 0.15) is 5.75 Å². The van der Waals surface area contributed by atoms with Crippen LogP contribution in [0.1, 0.15) is 28.4 Å². The van der Waals surface area contributed by atoms with Gasteiger partial charge in [-0.2, -0.15) is 0 Å². The summed E-state index contributed by atoms with van der Waals surface area (Å²) in [6, 6.07) is 13.3. The van der Waals surface area contributed by atoms with Gasteiger partial charge in [-0.1, -0.05) is 18.2 Å². The molecule has 0 spiro atoms. The average molecular weight is 407 g/mol. The molecule has 2 aromatic carbocycles. The number of ether oxygens (including phenoxy) is 1. The van der Waals surface area contributed by atoms with E-state index in [-0.39, 0.29) is 5.91 Å². The van der Waals surface area contributed by atoms with Crippen molar-refractivity contribution < 1.29 is 9.53 Å². The number of piperazine rings is 1. The van der Waals surface area contributed by atoms with Crippen LogP contribution in [0.2, 0.25) is 0 Å². The third kappa shape index (κ3) is 5.34. The van der Waals surface area contributed by atoms with Crippen LogP contribution in [0.5, 0.6) is 5.75 Å². The van der Waals surface area contributed by atoms with E-state index in [4.69, 9.17) is 4.74 Å². The topological polar surface area (TPSA) is 57.2 Å². The molecule has 1 N–H and O–H groups in total. The first kappa shape index (κ1) is 21.7. The van der Waals surface area contributed by atoms with Crippen LogP contribution in [-0.4, -0.2) is 62.8 Å². The summed E-state index contributed by atoms with van der Waals surface area (Å²) in [7, 11) is 3.78. The maximum absolute atomic E-state index is 13.1. The van der Waals surface area contributed by atoms with Crippen LogP contribution in [0.4, 0.5) is 5.69 Å². The smallest absolute Gasteiger partial charge is 0.255 e. The van der Waals surface area contributed by atoms with Gasteiger partial charge in [0.05, 0.1) is 12.8 Å². The standard InChI is InChI=1S/C24H30N4O2/c1-5-23(25-2)18-7-6-8-20(15-18)26-24(29)22-10-9-21(30-4)16-19(22)17-28-13-11-27(3)12-14-28/h5-10,15-16H,2,11-14,17H2,1,3-4H3,(H,26,29)/b23-5-. The number of aliphatic imine (C=N–C) groups is 1. The Kier molecular flexibility index (Phi) is 7.38. The molecule has 0 aromatic heterocycles. The highest BCUT2D eigenvalue weighted by molar-refractivity contribution is 6.05. The Labute approximate surface area is 178 Å². The van der Waals surface area contributed by atoms with E-state index in [1.54, 1.807) is 7.11 Å². The molecule has 1 aliphatic rings. The molecule has 0 saturated carbocycles. The molecule has 0 unspecified atom stereocenters. The van der Waals surface area contributed by atoms with Gasteiger partial charge >= 0.3 is 0 Å². The maximum atomic E-state index is 13.1. The van der Waals surface area contributed by atoms with E-state index in [2.05, 4.69) is 33.9 Å². The molecule has 0 atom stereocenters. The molecule has 0 bridgehead atoms.